The maximum Gasteiger partial charge on any atom is 0.233 e. The molecule has 0 spiro atoms. The monoisotopic (exact) mass is 369 g/mol. The van der Waals surface area contributed by atoms with Crippen LogP contribution in [0.1, 0.15) is 45.9 Å². The van der Waals surface area contributed by atoms with E-state index in [-0.39, 0.29) is 11.3 Å². The molecule has 2 heterocycles. The van der Waals surface area contributed by atoms with E-state index in [9.17, 15) is 4.79 Å². The third kappa shape index (κ3) is 3.34. The van der Waals surface area contributed by atoms with Crippen molar-refractivity contribution < 1.29 is 4.79 Å². The Labute approximate surface area is 159 Å². The number of hydrogen-bond donors (Lipinski definition) is 0. The van der Waals surface area contributed by atoms with Crippen LogP contribution in [0.15, 0.2) is 29.3 Å². The van der Waals surface area contributed by atoms with Gasteiger partial charge in [0.15, 0.2) is 0 Å². The molecule has 1 aliphatic carbocycles. The molecule has 1 amide bonds. The highest BCUT2D eigenvalue weighted by Crippen LogP contribution is 2.52. The van der Waals surface area contributed by atoms with Gasteiger partial charge in [0.1, 0.15) is 10.9 Å². The fourth-order valence-corrected chi connectivity index (χ4v) is 6.18. The van der Waals surface area contributed by atoms with Crippen molar-refractivity contribution in [2.24, 2.45) is 10.8 Å². The van der Waals surface area contributed by atoms with Crippen molar-refractivity contribution >= 4 is 28.6 Å². The molecular formula is C21H27N3OS. The second kappa shape index (κ2) is 6.22. The average molecular weight is 370 g/mol. The Hall–Kier alpha value is -1.62. The van der Waals surface area contributed by atoms with E-state index in [0.29, 0.717) is 17.2 Å². The summed E-state index contributed by atoms with van der Waals surface area (Å²) in [5, 5.41) is 1.94. The summed E-state index contributed by atoms with van der Waals surface area (Å²) in [6.45, 7) is 9.85. The molecule has 2 fully saturated rings. The van der Waals surface area contributed by atoms with Gasteiger partial charge in [0.25, 0.3) is 0 Å². The molecule has 1 aliphatic heterocycles. The Kier molecular flexibility index (Phi) is 4.25. The van der Waals surface area contributed by atoms with Crippen molar-refractivity contribution in [1.82, 2.24) is 14.9 Å². The highest BCUT2D eigenvalue weighted by atomic mass is 32.2. The Balaban J connectivity index is 1.50. The number of carbonyl (C=O) groups excluding carboxylic acids is 1. The molecule has 2 aromatic rings. The molecule has 0 unspecified atom stereocenters. The van der Waals surface area contributed by atoms with Gasteiger partial charge in [-0.15, -0.1) is 0 Å². The number of hydrogen-bond acceptors (Lipinski definition) is 4. The third-order valence-electron chi connectivity index (χ3n) is 5.75. The van der Waals surface area contributed by atoms with E-state index in [1.165, 1.54) is 6.42 Å². The number of aryl methyl sites for hydroxylation is 1. The summed E-state index contributed by atoms with van der Waals surface area (Å²) in [5.41, 5.74) is 1.56. The zero-order valence-corrected chi connectivity index (χ0v) is 16.9. The minimum Gasteiger partial charge on any atom is -0.338 e. The smallest absolute Gasteiger partial charge is 0.233 e. The molecule has 4 rings (SSSR count). The Bertz CT molecular complexity index is 865. The molecule has 5 heteroatoms. The molecule has 1 aromatic carbocycles. The van der Waals surface area contributed by atoms with Crippen LogP contribution in [-0.2, 0) is 4.79 Å². The van der Waals surface area contributed by atoms with Crippen LogP contribution in [0.3, 0.4) is 0 Å². The standard InChI is InChI=1S/C21H27N3OS/c1-14-22-17-8-6-5-7-16(17)19(23-14)26-11-18(25)24-13-21(4)10-15(24)9-20(2,3)12-21/h5-8,15H,9-13H2,1-4H3/t15-,21-/m1/s1. The van der Waals surface area contributed by atoms with Crippen LogP contribution >= 0.6 is 11.8 Å². The van der Waals surface area contributed by atoms with Crippen LogP contribution in [0.25, 0.3) is 10.9 Å². The molecule has 4 nitrogen and oxygen atoms in total. The molecule has 0 N–H and O–H groups in total. The second-order valence-electron chi connectivity index (χ2n) is 9.12. The molecule has 26 heavy (non-hydrogen) atoms. The van der Waals surface area contributed by atoms with Crippen LogP contribution in [-0.4, -0.2) is 39.1 Å². The van der Waals surface area contributed by atoms with Gasteiger partial charge in [-0.3, -0.25) is 4.79 Å². The SMILES string of the molecule is Cc1nc(SCC(=O)N2C[C@]3(C)C[C@H]2CC(C)(C)C3)c2ccccc2n1. The number of aromatic nitrogens is 2. The van der Waals surface area contributed by atoms with Crippen molar-refractivity contribution in [3.05, 3.63) is 30.1 Å². The molecule has 1 aromatic heterocycles. The summed E-state index contributed by atoms with van der Waals surface area (Å²) in [5.74, 6) is 1.46. The normalized spacial score (nSPS) is 27.1. The van der Waals surface area contributed by atoms with Crippen LogP contribution in [0, 0.1) is 17.8 Å². The molecule has 2 atom stereocenters. The first-order chi connectivity index (χ1) is 12.2. The van der Waals surface area contributed by atoms with Gasteiger partial charge in [0.05, 0.1) is 11.3 Å². The Morgan fingerprint density at radius 3 is 2.81 bits per heavy atom. The minimum atomic E-state index is 0.252. The van der Waals surface area contributed by atoms with Crippen molar-refractivity contribution in [2.75, 3.05) is 12.3 Å². The third-order valence-corrected chi connectivity index (χ3v) is 6.72. The Morgan fingerprint density at radius 1 is 1.23 bits per heavy atom. The summed E-state index contributed by atoms with van der Waals surface area (Å²) in [7, 11) is 0. The maximum absolute atomic E-state index is 13.0. The van der Waals surface area contributed by atoms with E-state index in [1.807, 2.05) is 31.2 Å². The van der Waals surface area contributed by atoms with E-state index >= 15 is 0 Å². The van der Waals surface area contributed by atoms with E-state index in [1.54, 1.807) is 11.8 Å². The number of likely N-dealkylation sites (tertiary alicyclic amines) is 1. The Morgan fingerprint density at radius 2 is 2.00 bits per heavy atom. The van der Waals surface area contributed by atoms with Gasteiger partial charge < -0.3 is 4.90 Å². The number of para-hydroxylation sites is 1. The predicted octanol–water partition coefficient (Wildman–Crippen LogP) is 4.46. The van der Waals surface area contributed by atoms with Gasteiger partial charge in [-0.25, -0.2) is 9.97 Å². The summed E-state index contributed by atoms with van der Waals surface area (Å²) in [6.07, 6.45) is 3.49. The second-order valence-corrected chi connectivity index (χ2v) is 10.1. The number of benzene rings is 1. The van der Waals surface area contributed by atoms with Gasteiger partial charge in [-0.05, 0) is 43.1 Å². The molecule has 1 saturated heterocycles. The summed E-state index contributed by atoms with van der Waals surface area (Å²) in [6, 6.07) is 8.43. The number of nitrogens with zero attached hydrogens (tertiary/aromatic N) is 3. The zero-order valence-electron chi connectivity index (χ0n) is 16.1. The first-order valence-electron chi connectivity index (χ1n) is 9.40. The van der Waals surface area contributed by atoms with E-state index in [4.69, 9.17) is 0 Å². The van der Waals surface area contributed by atoms with Crippen molar-refractivity contribution in [1.29, 1.82) is 0 Å². The summed E-state index contributed by atoms with van der Waals surface area (Å²) < 4.78 is 0. The molecule has 138 valence electrons. The van der Waals surface area contributed by atoms with Crippen molar-refractivity contribution in [3.8, 4) is 0 Å². The highest BCUT2D eigenvalue weighted by molar-refractivity contribution is 8.00. The number of rotatable bonds is 3. The minimum absolute atomic E-state index is 0.252. The first kappa shape index (κ1) is 17.8. The lowest BCUT2D eigenvalue weighted by molar-refractivity contribution is -0.129. The molecule has 1 saturated carbocycles. The lowest BCUT2D eigenvalue weighted by atomic mass is 9.65. The van der Waals surface area contributed by atoms with Gasteiger partial charge in [0, 0.05) is 18.0 Å². The lowest BCUT2D eigenvalue weighted by Crippen LogP contribution is -2.38. The van der Waals surface area contributed by atoms with Crippen LogP contribution < -0.4 is 0 Å². The highest BCUT2D eigenvalue weighted by Gasteiger charge is 2.50. The number of amides is 1. The number of carbonyl (C=O) groups is 1. The first-order valence-corrected chi connectivity index (χ1v) is 10.4. The molecule has 0 radical (unpaired) electrons. The fourth-order valence-electron chi connectivity index (χ4n) is 5.23. The number of thioether (sulfide) groups is 1. The maximum atomic E-state index is 13.0. The fraction of sp³-hybridized carbons (Fsp3) is 0.571. The molecular weight excluding hydrogens is 342 g/mol. The largest absolute Gasteiger partial charge is 0.338 e. The van der Waals surface area contributed by atoms with Gasteiger partial charge in [0.2, 0.25) is 5.91 Å². The lowest BCUT2D eigenvalue weighted by Gasteiger charge is -2.39. The van der Waals surface area contributed by atoms with Crippen LogP contribution in [0.5, 0.6) is 0 Å². The summed E-state index contributed by atoms with van der Waals surface area (Å²) in [4.78, 5) is 24.2. The molecule has 2 bridgehead atoms. The topological polar surface area (TPSA) is 46.1 Å². The van der Waals surface area contributed by atoms with Gasteiger partial charge >= 0.3 is 0 Å². The predicted molar refractivity (Wildman–Crippen MR) is 106 cm³/mol. The van der Waals surface area contributed by atoms with Crippen molar-refractivity contribution in [3.63, 3.8) is 0 Å². The van der Waals surface area contributed by atoms with Crippen LogP contribution in [0.2, 0.25) is 0 Å². The van der Waals surface area contributed by atoms with Gasteiger partial charge in [-0.1, -0.05) is 50.7 Å². The van der Waals surface area contributed by atoms with Crippen molar-refractivity contribution in [2.45, 2.75) is 58.0 Å². The average Bonchev–Trinajstić information content (AvgIpc) is 2.81. The van der Waals surface area contributed by atoms with Crippen LogP contribution in [0.4, 0.5) is 0 Å². The quantitative estimate of drug-likeness (QED) is 0.592. The van der Waals surface area contributed by atoms with E-state index in [0.717, 1.165) is 41.1 Å². The van der Waals surface area contributed by atoms with E-state index in [2.05, 4.69) is 35.6 Å². The van der Waals surface area contributed by atoms with E-state index < -0.39 is 0 Å². The number of fused-ring (bicyclic) bond motifs is 3. The zero-order chi connectivity index (χ0) is 18.5. The molecule has 2 aliphatic rings. The van der Waals surface area contributed by atoms with Gasteiger partial charge in [-0.2, -0.15) is 0 Å². The summed E-state index contributed by atoms with van der Waals surface area (Å²) >= 11 is 1.55.